The quantitative estimate of drug-likeness (QED) is 0.315. The van der Waals surface area contributed by atoms with Crippen molar-refractivity contribution >= 4 is 35.0 Å². The summed E-state index contributed by atoms with van der Waals surface area (Å²) in [4.78, 5) is 16.4. The Morgan fingerprint density at radius 3 is 2.38 bits per heavy atom. The fourth-order valence-corrected chi connectivity index (χ4v) is 3.03. The Balaban J connectivity index is 2.05. The highest BCUT2D eigenvalue weighted by atomic mass is 19.1. The molecule has 0 heterocycles. The molecule has 3 N–H and O–H groups in total. The van der Waals surface area contributed by atoms with E-state index in [0.717, 1.165) is 6.42 Å². The number of nitrogens with one attached hydrogen (secondary N) is 3. The van der Waals surface area contributed by atoms with Crippen LogP contribution in [0, 0.1) is 5.82 Å². The molecule has 0 spiro atoms. The molecule has 0 aromatic heterocycles. The molecule has 0 aliphatic heterocycles. The number of carbonyl (C=O) groups excluding carboxylic acids is 1. The van der Waals surface area contributed by atoms with Crippen molar-refractivity contribution in [2.75, 3.05) is 30.9 Å². The number of halogens is 1. The van der Waals surface area contributed by atoms with E-state index in [1.807, 2.05) is 20.8 Å². The van der Waals surface area contributed by atoms with E-state index in [9.17, 15) is 4.79 Å². The van der Waals surface area contributed by atoms with Gasteiger partial charge in [0.1, 0.15) is 0 Å². The predicted octanol–water partition coefficient (Wildman–Crippen LogP) is 6.36. The first-order chi connectivity index (χ1) is 16.2. The maximum atomic E-state index is 15.2. The molecule has 184 valence electrons. The van der Waals surface area contributed by atoms with Crippen LogP contribution in [-0.2, 0) is 4.74 Å². The lowest BCUT2D eigenvalue weighted by Crippen LogP contribution is -2.34. The smallest absolute Gasteiger partial charge is 0.319 e. The zero-order chi connectivity index (χ0) is 25.1. The van der Waals surface area contributed by atoms with E-state index in [0.29, 0.717) is 42.3 Å². The van der Waals surface area contributed by atoms with Crippen LogP contribution in [0.4, 0.5) is 26.2 Å². The van der Waals surface area contributed by atoms with Gasteiger partial charge < -0.3 is 25.4 Å². The lowest BCUT2D eigenvalue weighted by Gasteiger charge is -2.22. The summed E-state index contributed by atoms with van der Waals surface area (Å²) < 4.78 is 26.0. The molecule has 2 aromatic carbocycles. The summed E-state index contributed by atoms with van der Waals surface area (Å²) >= 11 is 0. The van der Waals surface area contributed by atoms with E-state index in [-0.39, 0.29) is 22.9 Å². The first-order valence-corrected chi connectivity index (χ1v) is 11.3. The van der Waals surface area contributed by atoms with Gasteiger partial charge in [0.25, 0.3) is 0 Å². The van der Waals surface area contributed by atoms with Crippen LogP contribution in [0.5, 0.6) is 5.75 Å². The van der Waals surface area contributed by atoms with Gasteiger partial charge in [0, 0.05) is 36.9 Å². The van der Waals surface area contributed by atoms with E-state index in [4.69, 9.17) is 9.47 Å². The van der Waals surface area contributed by atoms with Crippen molar-refractivity contribution in [3.05, 3.63) is 54.4 Å². The number of amides is 2. The molecule has 0 saturated carbocycles. The van der Waals surface area contributed by atoms with E-state index >= 15 is 4.39 Å². The van der Waals surface area contributed by atoms with Gasteiger partial charge in [-0.25, -0.2) is 9.18 Å². The van der Waals surface area contributed by atoms with Crippen molar-refractivity contribution in [2.24, 2.45) is 4.99 Å². The van der Waals surface area contributed by atoms with Crippen LogP contribution in [0.1, 0.15) is 46.1 Å². The zero-order valence-corrected chi connectivity index (χ0v) is 20.6. The third-order valence-corrected chi connectivity index (χ3v) is 5.12. The third kappa shape index (κ3) is 7.88. The number of anilines is 2. The largest absolute Gasteiger partial charge is 0.491 e. The van der Waals surface area contributed by atoms with Crippen LogP contribution in [0.2, 0.25) is 0 Å². The Hall–Kier alpha value is -3.39. The molecule has 8 heteroatoms. The second kappa shape index (κ2) is 12.7. The van der Waals surface area contributed by atoms with Crippen LogP contribution in [-0.4, -0.2) is 38.1 Å². The fourth-order valence-electron chi connectivity index (χ4n) is 3.03. The summed E-state index contributed by atoms with van der Waals surface area (Å²) in [6.45, 7) is 12.6. The first kappa shape index (κ1) is 26.9. The van der Waals surface area contributed by atoms with Crippen LogP contribution in [0.25, 0.3) is 5.70 Å². The van der Waals surface area contributed by atoms with Gasteiger partial charge in [0.15, 0.2) is 11.6 Å². The second-order valence-corrected chi connectivity index (χ2v) is 8.28. The number of aliphatic imine (C=N–C) groups is 1. The third-order valence-electron chi connectivity index (χ3n) is 5.12. The van der Waals surface area contributed by atoms with Gasteiger partial charge >= 0.3 is 6.03 Å². The van der Waals surface area contributed by atoms with E-state index in [1.165, 1.54) is 0 Å². The number of methoxy groups -OCH3 is 1. The van der Waals surface area contributed by atoms with Crippen LogP contribution >= 0.6 is 0 Å². The number of hydrogen-bond donors (Lipinski definition) is 3. The van der Waals surface area contributed by atoms with Crippen molar-refractivity contribution in [1.82, 2.24) is 5.32 Å². The minimum atomic E-state index is -0.513. The minimum absolute atomic E-state index is 0.161. The fraction of sp³-hybridized carbons (Fsp3) is 0.385. The van der Waals surface area contributed by atoms with Gasteiger partial charge in [-0.2, -0.15) is 0 Å². The van der Waals surface area contributed by atoms with E-state index in [2.05, 4.69) is 27.5 Å². The van der Waals surface area contributed by atoms with Gasteiger partial charge in [-0.05, 0) is 70.0 Å². The molecule has 7 nitrogen and oxygen atoms in total. The van der Waals surface area contributed by atoms with Gasteiger partial charge in [-0.3, -0.25) is 4.99 Å². The molecule has 2 aromatic rings. The first-order valence-electron chi connectivity index (χ1n) is 11.3. The molecule has 2 amide bonds. The lowest BCUT2D eigenvalue weighted by atomic mass is 10.1. The summed E-state index contributed by atoms with van der Waals surface area (Å²) in [5.41, 5.74) is 2.05. The van der Waals surface area contributed by atoms with Crippen LogP contribution in [0.3, 0.4) is 0 Å². The van der Waals surface area contributed by atoms with E-state index in [1.54, 1.807) is 56.6 Å². The molecule has 0 unspecified atom stereocenters. The number of nitrogens with zero attached hydrogens (tertiary/aromatic N) is 1. The van der Waals surface area contributed by atoms with Crippen molar-refractivity contribution < 1.29 is 18.7 Å². The number of benzene rings is 2. The number of ether oxygens (including phenoxy) is 2. The molecule has 0 saturated heterocycles. The van der Waals surface area contributed by atoms with Gasteiger partial charge in [0.05, 0.1) is 23.5 Å². The number of hydrogen-bond acceptors (Lipinski definition) is 5. The molecule has 0 bridgehead atoms. The summed E-state index contributed by atoms with van der Waals surface area (Å²) in [7, 11) is 1.65. The van der Waals surface area contributed by atoms with E-state index < -0.39 is 5.82 Å². The molecular weight excluding hydrogens is 435 g/mol. The average molecular weight is 471 g/mol. The lowest BCUT2D eigenvalue weighted by molar-refractivity contribution is 0.0165. The second-order valence-electron chi connectivity index (χ2n) is 8.28. The number of urea groups is 1. The molecule has 0 aliphatic carbocycles. The highest BCUT2D eigenvalue weighted by Gasteiger charge is 2.18. The molecule has 0 radical (unpaired) electrons. The summed E-state index contributed by atoms with van der Waals surface area (Å²) in [6.07, 6.45) is 3.06. The Bertz CT molecular complexity index is 1000. The maximum absolute atomic E-state index is 15.2. The number of carbonyl (C=O) groups is 1. The van der Waals surface area contributed by atoms with Crippen LogP contribution < -0.4 is 20.7 Å². The van der Waals surface area contributed by atoms with Crippen LogP contribution in [0.15, 0.2) is 48.0 Å². The monoisotopic (exact) mass is 470 g/mol. The summed E-state index contributed by atoms with van der Waals surface area (Å²) in [5, 5.41) is 8.70. The van der Waals surface area contributed by atoms with Gasteiger partial charge in [-0.15, -0.1) is 0 Å². The molecule has 34 heavy (non-hydrogen) atoms. The minimum Gasteiger partial charge on any atom is -0.491 e. The van der Waals surface area contributed by atoms with Crippen molar-refractivity contribution in [1.29, 1.82) is 0 Å². The maximum Gasteiger partial charge on any atom is 0.319 e. The molecule has 0 atom stereocenters. The highest BCUT2D eigenvalue weighted by molar-refractivity contribution is 5.90. The SMILES string of the molecule is C=C(Nc1ccc(NC(=O)NCCC(C)(C)OC)cc1)c1c(N=CC)ccc(OCCC)c1F. The predicted molar refractivity (Wildman–Crippen MR) is 138 cm³/mol. The topological polar surface area (TPSA) is 84.0 Å². The Kier molecular flexibility index (Phi) is 10.1. The summed E-state index contributed by atoms with van der Waals surface area (Å²) in [6, 6.07) is 10.0. The normalized spacial score (nSPS) is 11.4. The standard InChI is InChI=1S/C26H35FN4O3/c1-7-17-34-22-14-13-21(28-8-2)23(24(22)27)18(3)30-19-9-11-20(12-10-19)31-25(32)29-16-15-26(4,5)33-6/h8-14,30H,3,7,15-17H2,1-2,4-6H3,(H2,29,31,32). The van der Waals surface area contributed by atoms with Crippen molar-refractivity contribution in [2.45, 2.75) is 46.1 Å². The van der Waals surface area contributed by atoms with Gasteiger partial charge in [0.2, 0.25) is 0 Å². The summed E-state index contributed by atoms with van der Waals surface area (Å²) in [5.74, 6) is -0.352. The molecule has 0 aliphatic rings. The Morgan fingerprint density at radius 1 is 1.15 bits per heavy atom. The molecular formula is C26H35FN4O3. The highest BCUT2D eigenvalue weighted by Crippen LogP contribution is 2.34. The Morgan fingerprint density at radius 2 is 1.79 bits per heavy atom. The average Bonchev–Trinajstić information content (AvgIpc) is 2.80. The number of rotatable bonds is 12. The van der Waals surface area contributed by atoms with Gasteiger partial charge in [-0.1, -0.05) is 13.5 Å². The zero-order valence-electron chi connectivity index (χ0n) is 20.6. The van der Waals surface area contributed by atoms with Crippen molar-refractivity contribution in [3.8, 4) is 5.75 Å². The molecule has 0 fully saturated rings. The molecule has 2 rings (SSSR count). The Labute approximate surface area is 201 Å². The van der Waals surface area contributed by atoms with Crippen molar-refractivity contribution in [3.63, 3.8) is 0 Å².